The van der Waals surface area contributed by atoms with Gasteiger partial charge in [0.05, 0.1) is 18.4 Å². The smallest absolute Gasteiger partial charge is 0.242 e. The highest BCUT2D eigenvalue weighted by molar-refractivity contribution is 7.22. The van der Waals surface area contributed by atoms with Crippen molar-refractivity contribution in [1.29, 1.82) is 0 Å². The molecule has 1 aliphatic rings. The van der Waals surface area contributed by atoms with Crippen LogP contribution in [-0.4, -0.2) is 49.6 Å². The molecular formula is C17H23N3O2S. The second kappa shape index (κ2) is 7.17. The van der Waals surface area contributed by atoms with Crippen molar-refractivity contribution in [1.82, 2.24) is 9.88 Å². The monoisotopic (exact) mass is 333 g/mol. The molecule has 0 aliphatic carbocycles. The number of fused-ring (bicyclic) bond motifs is 1. The molecule has 2 heterocycles. The number of likely N-dealkylation sites (tertiary alicyclic amines) is 1. The first-order valence-electron chi connectivity index (χ1n) is 8.11. The largest absolute Gasteiger partial charge is 0.494 e. The van der Waals surface area contributed by atoms with E-state index in [1.54, 1.807) is 18.4 Å². The molecule has 3 rings (SSSR count). The van der Waals surface area contributed by atoms with Gasteiger partial charge in [-0.15, -0.1) is 0 Å². The van der Waals surface area contributed by atoms with Crippen LogP contribution in [0.15, 0.2) is 18.2 Å². The molecule has 6 heteroatoms. The fraction of sp³-hybridized carbons (Fsp3) is 0.529. The van der Waals surface area contributed by atoms with Crippen LogP contribution in [0.4, 0.5) is 5.13 Å². The quantitative estimate of drug-likeness (QED) is 0.862. The molecule has 124 valence electrons. The van der Waals surface area contributed by atoms with E-state index in [2.05, 4.69) is 4.98 Å². The van der Waals surface area contributed by atoms with Crippen molar-refractivity contribution in [2.24, 2.45) is 0 Å². The maximum atomic E-state index is 12.5. The van der Waals surface area contributed by atoms with Gasteiger partial charge in [-0.05, 0) is 25.0 Å². The summed E-state index contributed by atoms with van der Waals surface area (Å²) in [6, 6.07) is 5.91. The molecular weight excluding hydrogens is 310 g/mol. The Balaban J connectivity index is 1.72. The van der Waals surface area contributed by atoms with Crippen LogP contribution in [0.5, 0.6) is 5.75 Å². The lowest BCUT2D eigenvalue weighted by Crippen LogP contribution is -2.39. The Morgan fingerprint density at radius 3 is 2.74 bits per heavy atom. The maximum Gasteiger partial charge on any atom is 0.242 e. The van der Waals surface area contributed by atoms with Crippen LogP contribution in [0.2, 0.25) is 0 Å². The van der Waals surface area contributed by atoms with Gasteiger partial charge in [0.25, 0.3) is 0 Å². The standard InChI is InChI=1S/C17H23N3O2S/c1-19(12-15(21)20-10-5-3-4-6-11-20)17-18-16-13(22-2)8-7-9-14(16)23-17/h7-9H,3-6,10-12H2,1-2H3. The number of nitrogens with zero attached hydrogens (tertiary/aromatic N) is 3. The number of carbonyl (C=O) groups excluding carboxylic acids is 1. The van der Waals surface area contributed by atoms with Crippen LogP contribution in [0.25, 0.3) is 10.2 Å². The van der Waals surface area contributed by atoms with E-state index in [9.17, 15) is 4.79 Å². The van der Waals surface area contributed by atoms with E-state index in [-0.39, 0.29) is 5.91 Å². The number of para-hydroxylation sites is 1. The molecule has 23 heavy (non-hydrogen) atoms. The molecule has 0 spiro atoms. The summed E-state index contributed by atoms with van der Waals surface area (Å²) in [5.74, 6) is 0.970. The van der Waals surface area contributed by atoms with Crippen molar-refractivity contribution in [2.75, 3.05) is 38.7 Å². The van der Waals surface area contributed by atoms with Crippen LogP contribution < -0.4 is 9.64 Å². The summed E-state index contributed by atoms with van der Waals surface area (Å²) in [5, 5.41) is 0.854. The first kappa shape index (κ1) is 16.1. The van der Waals surface area contributed by atoms with Gasteiger partial charge in [0.1, 0.15) is 11.3 Å². The van der Waals surface area contributed by atoms with Crippen molar-refractivity contribution < 1.29 is 9.53 Å². The number of benzene rings is 1. The molecule has 1 aromatic heterocycles. The van der Waals surface area contributed by atoms with Crippen LogP contribution in [-0.2, 0) is 4.79 Å². The van der Waals surface area contributed by atoms with Gasteiger partial charge in [-0.2, -0.15) is 0 Å². The van der Waals surface area contributed by atoms with E-state index in [1.165, 1.54) is 12.8 Å². The number of methoxy groups -OCH3 is 1. The van der Waals surface area contributed by atoms with Gasteiger partial charge >= 0.3 is 0 Å². The summed E-state index contributed by atoms with van der Waals surface area (Å²) in [6.07, 6.45) is 4.70. The molecule has 5 nitrogen and oxygen atoms in total. The van der Waals surface area contributed by atoms with Crippen molar-refractivity contribution in [3.05, 3.63) is 18.2 Å². The third-order valence-electron chi connectivity index (χ3n) is 4.25. The number of ether oxygens (including phenoxy) is 1. The zero-order valence-corrected chi connectivity index (χ0v) is 14.6. The predicted octanol–water partition coefficient (Wildman–Crippen LogP) is 3.14. The van der Waals surface area contributed by atoms with Gasteiger partial charge in [-0.1, -0.05) is 30.2 Å². The Morgan fingerprint density at radius 2 is 2.04 bits per heavy atom. The normalized spacial score (nSPS) is 15.5. The maximum absolute atomic E-state index is 12.5. The molecule has 0 radical (unpaired) electrons. The molecule has 1 aromatic carbocycles. The lowest BCUT2D eigenvalue weighted by molar-refractivity contribution is -0.129. The van der Waals surface area contributed by atoms with Gasteiger partial charge < -0.3 is 14.5 Å². The fourth-order valence-electron chi connectivity index (χ4n) is 2.93. The number of thiazole rings is 1. The number of amides is 1. The fourth-order valence-corrected chi connectivity index (χ4v) is 3.87. The van der Waals surface area contributed by atoms with Crippen LogP contribution in [0, 0.1) is 0 Å². The lowest BCUT2D eigenvalue weighted by Gasteiger charge is -2.23. The number of hydrogen-bond donors (Lipinski definition) is 0. The Kier molecular flexibility index (Phi) is 5.00. The minimum absolute atomic E-state index is 0.195. The Morgan fingerprint density at radius 1 is 1.30 bits per heavy atom. The third-order valence-corrected chi connectivity index (χ3v) is 5.38. The second-order valence-corrected chi connectivity index (χ2v) is 6.96. The number of rotatable bonds is 4. The van der Waals surface area contributed by atoms with Gasteiger partial charge in [0.15, 0.2) is 5.13 Å². The number of hydrogen-bond acceptors (Lipinski definition) is 5. The molecule has 0 bridgehead atoms. The molecule has 0 saturated carbocycles. The lowest BCUT2D eigenvalue weighted by atomic mass is 10.2. The molecule has 1 fully saturated rings. The SMILES string of the molecule is COc1cccc2sc(N(C)CC(=O)N3CCCCCC3)nc12. The number of aromatic nitrogens is 1. The number of carbonyl (C=O) groups is 1. The predicted molar refractivity (Wildman–Crippen MR) is 94.5 cm³/mol. The molecule has 0 atom stereocenters. The first-order chi connectivity index (χ1) is 11.2. The van der Waals surface area contributed by atoms with Crippen LogP contribution in [0.3, 0.4) is 0 Å². The van der Waals surface area contributed by atoms with Crippen molar-refractivity contribution >= 4 is 32.6 Å². The minimum Gasteiger partial charge on any atom is -0.494 e. The molecule has 0 N–H and O–H groups in total. The van der Waals surface area contributed by atoms with E-state index in [0.717, 1.165) is 47.0 Å². The third kappa shape index (κ3) is 3.58. The van der Waals surface area contributed by atoms with E-state index in [4.69, 9.17) is 4.74 Å². The van der Waals surface area contributed by atoms with Crippen LogP contribution in [0.1, 0.15) is 25.7 Å². The zero-order valence-electron chi connectivity index (χ0n) is 13.7. The van der Waals surface area contributed by atoms with Gasteiger partial charge in [0.2, 0.25) is 5.91 Å². The highest BCUT2D eigenvalue weighted by atomic mass is 32.1. The number of likely N-dealkylation sites (N-methyl/N-ethyl adjacent to an activating group) is 1. The average Bonchev–Trinajstić information content (AvgIpc) is 2.81. The van der Waals surface area contributed by atoms with Gasteiger partial charge in [0, 0.05) is 20.1 Å². The summed E-state index contributed by atoms with van der Waals surface area (Å²) >= 11 is 1.59. The topological polar surface area (TPSA) is 45.7 Å². The van der Waals surface area contributed by atoms with Crippen molar-refractivity contribution in [3.8, 4) is 5.75 Å². The summed E-state index contributed by atoms with van der Waals surface area (Å²) in [7, 11) is 3.58. The Hall–Kier alpha value is -1.82. The molecule has 1 saturated heterocycles. The molecule has 2 aromatic rings. The highest BCUT2D eigenvalue weighted by Gasteiger charge is 2.19. The Bertz CT molecular complexity index is 678. The zero-order chi connectivity index (χ0) is 16.2. The van der Waals surface area contributed by atoms with E-state index >= 15 is 0 Å². The summed E-state index contributed by atoms with van der Waals surface area (Å²) in [6.45, 7) is 2.16. The van der Waals surface area contributed by atoms with Crippen molar-refractivity contribution in [2.45, 2.75) is 25.7 Å². The molecule has 0 unspecified atom stereocenters. The van der Waals surface area contributed by atoms with Crippen LogP contribution >= 0.6 is 11.3 Å². The second-order valence-electron chi connectivity index (χ2n) is 5.95. The summed E-state index contributed by atoms with van der Waals surface area (Å²) in [5.41, 5.74) is 0.865. The number of anilines is 1. The Labute approximate surface area is 140 Å². The summed E-state index contributed by atoms with van der Waals surface area (Å²) < 4.78 is 6.44. The first-order valence-corrected chi connectivity index (χ1v) is 8.93. The van der Waals surface area contributed by atoms with E-state index in [0.29, 0.717) is 6.54 Å². The van der Waals surface area contributed by atoms with Gasteiger partial charge in [-0.3, -0.25) is 4.79 Å². The highest BCUT2D eigenvalue weighted by Crippen LogP contribution is 2.33. The van der Waals surface area contributed by atoms with Crippen molar-refractivity contribution in [3.63, 3.8) is 0 Å². The molecule has 1 aliphatic heterocycles. The molecule has 1 amide bonds. The van der Waals surface area contributed by atoms with E-state index < -0.39 is 0 Å². The average molecular weight is 333 g/mol. The van der Waals surface area contributed by atoms with E-state index in [1.807, 2.05) is 35.0 Å². The minimum atomic E-state index is 0.195. The van der Waals surface area contributed by atoms with Gasteiger partial charge in [-0.25, -0.2) is 4.98 Å². The summed E-state index contributed by atoms with van der Waals surface area (Å²) in [4.78, 5) is 21.1.